The lowest BCUT2D eigenvalue weighted by Crippen LogP contribution is -2.17. The van der Waals surface area contributed by atoms with Crippen molar-refractivity contribution in [2.24, 2.45) is 5.10 Å². The van der Waals surface area contributed by atoms with E-state index in [0.29, 0.717) is 27.5 Å². The largest absolute Gasteiger partial charge is 0.422 e. The second kappa shape index (κ2) is 9.49. The van der Waals surface area contributed by atoms with E-state index in [9.17, 15) is 9.59 Å². The molecule has 0 radical (unpaired) electrons. The van der Waals surface area contributed by atoms with Crippen LogP contribution < -0.4 is 10.2 Å². The monoisotopic (exact) mass is 470 g/mol. The molecular weight excluding hydrogens is 456 g/mol. The van der Waals surface area contributed by atoms with Gasteiger partial charge in [0, 0.05) is 20.6 Å². The van der Waals surface area contributed by atoms with Crippen LogP contribution in [-0.2, 0) is 0 Å². The maximum Gasteiger partial charge on any atom is 0.343 e. The van der Waals surface area contributed by atoms with E-state index in [0.717, 1.165) is 10.0 Å². The Bertz CT molecular complexity index is 1080. The molecule has 7 heteroatoms. The molecule has 3 rings (SSSR count). The van der Waals surface area contributed by atoms with Gasteiger partial charge in [0.25, 0.3) is 5.91 Å². The lowest BCUT2D eigenvalue weighted by molar-refractivity contribution is 0.0733. The van der Waals surface area contributed by atoms with Crippen molar-refractivity contribution in [1.29, 1.82) is 0 Å². The molecule has 5 nitrogen and oxygen atoms in total. The van der Waals surface area contributed by atoms with Gasteiger partial charge in [-0.2, -0.15) is 5.10 Å². The van der Waals surface area contributed by atoms with Crippen molar-refractivity contribution in [3.63, 3.8) is 0 Å². The third-order valence-electron chi connectivity index (χ3n) is 4.02. The Kier molecular flexibility index (Phi) is 6.80. The number of amides is 1. The zero-order chi connectivity index (χ0) is 20.8. The molecule has 29 heavy (non-hydrogen) atoms. The Hall–Kier alpha value is -2.96. The highest BCUT2D eigenvalue weighted by Crippen LogP contribution is 2.23. The molecule has 3 aromatic rings. The van der Waals surface area contributed by atoms with Crippen LogP contribution in [0.5, 0.6) is 5.75 Å². The molecule has 1 amide bonds. The topological polar surface area (TPSA) is 67.8 Å². The molecule has 0 aliphatic carbocycles. The summed E-state index contributed by atoms with van der Waals surface area (Å²) in [5.74, 6) is -0.525. The van der Waals surface area contributed by atoms with E-state index in [1.54, 1.807) is 54.6 Å². The summed E-state index contributed by atoms with van der Waals surface area (Å²) in [6.07, 6.45) is 1.42. The van der Waals surface area contributed by atoms with Crippen LogP contribution in [-0.4, -0.2) is 18.1 Å². The minimum absolute atomic E-state index is 0.325. The standard InChI is InChI=1S/C22H16BrClN2O3/c1-14-4-2-3-5-19(14)22(28)29-20-11-8-17(23)12-16(20)13-25-26-21(27)15-6-9-18(24)10-7-15/h2-13H,1H3,(H,26,27). The predicted molar refractivity (Wildman–Crippen MR) is 117 cm³/mol. The predicted octanol–water partition coefficient (Wildman–Crippen LogP) is 5.39. The SMILES string of the molecule is Cc1ccccc1C(=O)Oc1ccc(Br)cc1C=NNC(=O)c1ccc(Cl)cc1. The number of ether oxygens (including phenoxy) is 1. The fraction of sp³-hybridized carbons (Fsp3) is 0.0455. The molecule has 0 heterocycles. The summed E-state index contributed by atoms with van der Waals surface area (Å²) in [6.45, 7) is 1.84. The molecule has 0 bridgehead atoms. The van der Waals surface area contributed by atoms with Gasteiger partial charge >= 0.3 is 5.97 Å². The van der Waals surface area contributed by atoms with Gasteiger partial charge in [0.2, 0.25) is 0 Å². The first kappa shape index (κ1) is 20.8. The Labute approximate surface area is 181 Å². The normalized spacial score (nSPS) is 10.7. The second-order valence-electron chi connectivity index (χ2n) is 6.09. The first-order valence-corrected chi connectivity index (χ1v) is 9.77. The van der Waals surface area contributed by atoms with E-state index >= 15 is 0 Å². The zero-order valence-electron chi connectivity index (χ0n) is 15.4. The van der Waals surface area contributed by atoms with Gasteiger partial charge in [-0.25, -0.2) is 10.2 Å². The van der Waals surface area contributed by atoms with Crippen molar-refractivity contribution in [3.8, 4) is 5.75 Å². The van der Waals surface area contributed by atoms with Crippen LogP contribution in [0.15, 0.2) is 76.3 Å². The number of carbonyl (C=O) groups is 2. The van der Waals surface area contributed by atoms with Crippen LogP contribution in [0.3, 0.4) is 0 Å². The molecule has 146 valence electrons. The molecule has 0 aliphatic heterocycles. The Morgan fingerprint density at radius 2 is 1.79 bits per heavy atom. The van der Waals surface area contributed by atoms with E-state index < -0.39 is 5.97 Å². The lowest BCUT2D eigenvalue weighted by atomic mass is 10.1. The number of esters is 1. The number of nitrogens with zero attached hydrogens (tertiary/aromatic N) is 1. The minimum atomic E-state index is -0.467. The molecule has 0 saturated heterocycles. The minimum Gasteiger partial charge on any atom is -0.422 e. The Morgan fingerprint density at radius 1 is 1.07 bits per heavy atom. The maximum absolute atomic E-state index is 12.5. The van der Waals surface area contributed by atoms with Crippen molar-refractivity contribution in [3.05, 3.63) is 98.5 Å². The lowest BCUT2D eigenvalue weighted by Gasteiger charge is -2.09. The van der Waals surface area contributed by atoms with Crippen LogP contribution in [0, 0.1) is 6.92 Å². The summed E-state index contributed by atoms with van der Waals surface area (Å²) in [5, 5.41) is 4.51. The molecule has 0 aliphatic rings. The van der Waals surface area contributed by atoms with Crippen molar-refractivity contribution >= 4 is 45.6 Å². The number of hydrazone groups is 1. The van der Waals surface area contributed by atoms with E-state index in [2.05, 4.69) is 26.5 Å². The Morgan fingerprint density at radius 3 is 2.52 bits per heavy atom. The molecule has 0 saturated carbocycles. The molecule has 1 N–H and O–H groups in total. The van der Waals surface area contributed by atoms with Gasteiger partial charge in [0.05, 0.1) is 11.8 Å². The van der Waals surface area contributed by atoms with Gasteiger partial charge in [-0.3, -0.25) is 4.79 Å². The van der Waals surface area contributed by atoms with Gasteiger partial charge in [-0.15, -0.1) is 0 Å². The summed E-state index contributed by atoms with van der Waals surface area (Å²) < 4.78 is 6.32. The van der Waals surface area contributed by atoms with Gasteiger partial charge < -0.3 is 4.74 Å². The van der Waals surface area contributed by atoms with E-state index in [4.69, 9.17) is 16.3 Å². The van der Waals surface area contributed by atoms with Gasteiger partial charge in [-0.05, 0) is 61.0 Å². The summed E-state index contributed by atoms with van der Waals surface area (Å²) in [5.41, 5.74) is 4.69. The van der Waals surface area contributed by atoms with E-state index in [1.807, 2.05) is 19.1 Å². The van der Waals surface area contributed by atoms with E-state index in [-0.39, 0.29) is 5.91 Å². The number of benzene rings is 3. The van der Waals surface area contributed by atoms with Crippen molar-refractivity contribution in [1.82, 2.24) is 5.43 Å². The highest BCUT2D eigenvalue weighted by atomic mass is 79.9. The fourth-order valence-corrected chi connectivity index (χ4v) is 3.00. The summed E-state index contributed by atoms with van der Waals surface area (Å²) in [7, 11) is 0. The van der Waals surface area contributed by atoms with Gasteiger partial charge in [0.15, 0.2) is 0 Å². The summed E-state index contributed by atoms with van der Waals surface area (Å²) in [6, 6.07) is 18.8. The molecule has 0 atom stereocenters. The first-order chi connectivity index (χ1) is 13.9. The first-order valence-electron chi connectivity index (χ1n) is 8.60. The molecule has 0 aromatic heterocycles. The molecular formula is C22H16BrClN2O3. The summed E-state index contributed by atoms with van der Waals surface area (Å²) in [4.78, 5) is 24.6. The molecule has 0 unspecified atom stereocenters. The maximum atomic E-state index is 12.5. The second-order valence-corrected chi connectivity index (χ2v) is 7.44. The number of hydrogen-bond acceptors (Lipinski definition) is 4. The number of nitrogens with one attached hydrogen (secondary N) is 1. The number of halogens is 2. The molecule has 3 aromatic carbocycles. The highest BCUT2D eigenvalue weighted by molar-refractivity contribution is 9.10. The average molecular weight is 472 g/mol. The van der Waals surface area contributed by atoms with Crippen molar-refractivity contribution in [2.45, 2.75) is 6.92 Å². The smallest absolute Gasteiger partial charge is 0.343 e. The fourth-order valence-electron chi connectivity index (χ4n) is 2.50. The summed E-state index contributed by atoms with van der Waals surface area (Å²) >= 11 is 9.20. The quantitative estimate of drug-likeness (QED) is 0.235. The van der Waals surface area contributed by atoms with Crippen molar-refractivity contribution < 1.29 is 14.3 Å². The van der Waals surface area contributed by atoms with Crippen LogP contribution in [0.2, 0.25) is 5.02 Å². The number of rotatable bonds is 5. The highest BCUT2D eigenvalue weighted by Gasteiger charge is 2.13. The third kappa shape index (κ3) is 5.53. The van der Waals surface area contributed by atoms with Crippen LogP contribution >= 0.6 is 27.5 Å². The zero-order valence-corrected chi connectivity index (χ0v) is 17.7. The van der Waals surface area contributed by atoms with Gasteiger partial charge in [-0.1, -0.05) is 45.7 Å². The number of carbonyl (C=O) groups excluding carboxylic acids is 2. The number of hydrogen-bond donors (Lipinski definition) is 1. The van der Waals surface area contributed by atoms with Crippen molar-refractivity contribution in [2.75, 3.05) is 0 Å². The molecule has 0 fully saturated rings. The Balaban J connectivity index is 1.75. The van der Waals surface area contributed by atoms with Crippen LogP contribution in [0.25, 0.3) is 0 Å². The third-order valence-corrected chi connectivity index (χ3v) is 4.76. The molecule has 0 spiro atoms. The van der Waals surface area contributed by atoms with E-state index in [1.165, 1.54) is 6.21 Å². The van der Waals surface area contributed by atoms with Crippen LogP contribution in [0.1, 0.15) is 31.8 Å². The van der Waals surface area contributed by atoms with Gasteiger partial charge in [0.1, 0.15) is 5.75 Å². The average Bonchev–Trinajstić information content (AvgIpc) is 2.70. The van der Waals surface area contributed by atoms with Crippen LogP contribution in [0.4, 0.5) is 0 Å². The number of aryl methyl sites for hydroxylation is 1.